The summed E-state index contributed by atoms with van der Waals surface area (Å²) in [5.41, 5.74) is -1.92. The molecule has 3 N–H and O–H groups in total. The highest BCUT2D eigenvalue weighted by Gasteiger charge is 2.68. The number of oxime groups is 1. The molecule has 3 rings (SSSR count). The number of ketones is 1. The van der Waals surface area contributed by atoms with Gasteiger partial charge in [-0.15, -0.1) is 5.16 Å². The van der Waals surface area contributed by atoms with Crippen LogP contribution in [0, 0.1) is 34.0 Å². The summed E-state index contributed by atoms with van der Waals surface area (Å²) in [7, 11) is 0. The third-order valence-electron chi connectivity index (χ3n) is 8.59. The van der Waals surface area contributed by atoms with Crippen LogP contribution in [0.1, 0.15) is 59.8 Å². The first kappa shape index (κ1) is 21.2. The molecule has 2 bridgehead atoms. The van der Waals surface area contributed by atoms with Crippen molar-refractivity contribution >= 4 is 18.0 Å². The molecule has 0 aromatic rings. The van der Waals surface area contributed by atoms with E-state index in [2.05, 4.69) is 12.1 Å². The Morgan fingerprint density at radius 1 is 1.32 bits per heavy atom. The normalized spacial score (nSPS) is 48.8. The predicted octanol–water partition coefficient (Wildman–Crippen LogP) is 2.16. The van der Waals surface area contributed by atoms with Crippen molar-refractivity contribution in [1.29, 1.82) is 0 Å². The molecule has 0 amide bonds. The highest BCUT2D eigenvalue weighted by molar-refractivity contribution is 5.86. The molecule has 7 nitrogen and oxygen atoms in total. The van der Waals surface area contributed by atoms with Crippen molar-refractivity contribution < 1.29 is 29.7 Å². The van der Waals surface area contributed by atoms with Gasteiger partial charge in [-0.05, 0) is 42.9 Å². The molecule has 0 aliphatic heterocycles. The van der Waals surface area contributed by atoms with E-state index in [4.69, 9.17) is 4.74 Å². The number of ether oxygens (including phenoxy) is 1. The van der Waals surface area contributed by atoms with Crippen LogP contribution in [-0.2, 0) is 14.3 Å². The number of Topliss-reactive ketones (excluding diaryl/α,β-unsaturated/α-hetero) is 1. The Morgan fingerprint density at radius 2 is 2.00 bits per heavy atom. The van der Waals surface area contributed by atoms with Crippen LogP contribution in [0.5, 0.6) is 0 Å². The van der Waals surface area contributed by atoms with E-state index >= 15 is 0 Å². The number of nitrogens with zero attached hydrogens (tertiary/aromatic N) is 1. The Bertz CT molecular complexity index is 680. The molecule has 28 heavy (non-hydrogen) atoms. The molecular formula is C21H33NO6. The molecule has 158 valence electrons. The molecular weight excluding hydrogens is 362 g/mol. The summed E-state index contributed by atoms with van der Waals surface area (Å²) >= 11 is 0. The molecule has 7 heteroatoms. The van der Waals surface area contributed by atoms with E-state index in [9.17, 15) is 25.0 Å². The van der Waals surface area contributed by atoms with Crippen LogP contribution in [0.15, 0.2) is 5.16 Å². The highest BCUT2D eigenvalue weighted by Crippen LogP contribution is 2.67. The molecule has 3 fully saturated rings. The quantitative estimate of drug-likeness (QED) is 0.292. The van der Waals surface area contributed by atoms with E-state index in [1.54, 1.807) is 6.92 Å². The van der Waals surface area contributed by atoms with Gasteiger partial charge in [-0.2, -0.15) is 0 Å². The molecule has 0 heterocycles. The van der Waals surface area contributed by atoms with Gasteiger partial charge in [0.15, 0.2) is 0 Å². The molecule has 0 spiro atoms. The zero-order chi connectivity index (χ0) is 20.9. The Morgan fingerprint density at radius 3 is 2.61 bits per heavy atom. The molecule has 1 unspecified atom stereocenters. The lowest BCUT2D eigenvalue weighted by molar-refractivity contribution is -0.205. The van der Waals surface area contributed by atoms with Crippen molar-refractivity contribution in [3.8, 4) is 0 Å². The number of carbonyl (C=O) groups excluding carboxylic acids is 2. The molecule has 8 atom stereocenters. The lowest BCUT2D eigenvalue weighted by Crippen LogP contribution is -2.63. The molecule has 0 saturated heterocycles. The SMILES string of the molecule is CC1CC[C@@]23CCC(=O)[C@H]2[C@]1(C)[C@H](OC(=O)CO)C[C@@](C)(/C=N/O)[C@@H](O)[C@@H]3C. The van der Waals surface area contributed by atoms with Gasteiger partial charge in [-0.25, -0.2) is 4.79 Å². The van der Waals surface area contributed by atoms with Gasteiger partial charge in [0, 0.05) is 23.2 Å². The largest absolute Gasteiger partial charge is 0.460 e. The maximum Gasteiger partial charge on any atom is 0.332 e. The van der Waals surface area contributed by atoms with Crippen molar-refractivity contribution in [3.05, 3.63) is 0 Å². The van der Waals surface area contributed by atoms with Crippen LogP contribution >= 0.6 is 0 Å². The van der Waals surface area contributed by atoms with Gasteiger partial charge in [-0.1, -0.05) is 27.7 Å². The maximum absolute atomic E-state index is 13.1. The third-order valence-corrected chi connectivity index (χ3v) is 8.59. The number of carbonyl (C=O) groups is 2. The van der Waals surface area contributed by atoms with E-state index < -0.39 is 35.6 Å². The standard InChI is InChI=1S/C21H33NO6/c1-12-5-7-21-8-6-14(24)17(21)20(12,4)15(28-16(25)10-23)9-19(3,11-22-27)18(26)13(21)2/h11-13,15,17-18,23,26-27H,5-10H2,1-4H3/b22-11+/t12?,13-,15+,17-,18-,19-,20-,21-/m0/s1. The minimum absolute atomic E-state index is 0.127. The van der Waals surface area contributed by atoms with Crippen LogP contribution in [0.4, 0.5) is 0 Å². The van der Waals surface area contributed by atoms with Crippen LogP contribution < -0.4 is 0 Å². The number of aliphatic hydroxyl groups is 2. The zero-order valence-corrected chi connectivity index (χ0v) is 17.2. The Labute approximate surface area is 166 Å². The highest BCUT2D eigenvalue weighted by atomic mass is 16.6. The fraction of sp³-hybridized carbons (Fsp3) is 0.857. The van der Waals surface area contributed by atoms with E-state index in [0.717, 1.165) is 12.8 Å². The Hall–Kier alpha value is -1.47. The van der Waals surface area contributed by atoms with Crippen molar-refractivity contribution in [2.24, 2.45) is 39.2 Å². The van der Waals surface area contributed by atoms with Crippen LogP contribution in [0.3, 0.4) is 0 Å². The second kappa shape index (κ2) is 7.10. The minimum Gasteiger partial charge on any atom is -0.460 e. The summed E-state index contributed by atoms with van der Waals surface area (Å²) in [4.78, 5) is 25.2. The van der Waals surface area contributed by atoms with Gasteiger partial charge in [0.05, 0.1) is 12.3 Å². The van der Waals surface area contributed by atoms with E-state index in [1.165, 1.54) is 6.21 Å². The summed E-state index contributed by atoms with van der Waals surface area (Å²) < 4.78 is 5.72. The van der Waals surface area contributed by atoms with Crippen molar-refractivity contribution in [2.45, 2.75) is 72.0 Å². The topological polar surface area (TPSA) is 116 Å². The molecule has 3 aliphatic carbocycles. The molecule has 3 saturated carbocycles. The summed E-state index contributed by atoms with van der Waals surface area (Å²) in [6.45, 7) is 7.17. The second-order valence-electron chi connectivity index (χ2n) is 9.76. The van der Waals surface area contributed by atoms with Crippen molar-refractivity contribution in [1.82, 2.24) is 0 Å². The van der Waals surface area contributed by atoms with Crippen LogP contribution in [0.25, 0.3) is 0 Å². The first-order valence-electron chi connectivity index (χ1n) is 10.3. The fourth-order valence-electron chi connectivity index (χ4n) is 6.75. The molecule has 0 aromatic carbocycles. The predicted molar refractivity (Wildman–Crippen MR) is 102 cm³/mol. The van der Waals surface area contributed by atoms with Gasteiger partial charge in [-0.3, -0.25) is 4.79 Å². The maximum atomic E-state index is 13.1. The smallest absolute Gasteiger partial charge is 0.332 e. The number of esters is 1. The van der Waals surface area contributed by atoms with Crippen LogP contribution in [0.2, 0.25) is 0 Å². The summed E-state index contributed by atoms with van der Waals surface area (Å²) in [6, 6.07) is 0. The number of hydrogen-bond acceptors (Lipinski definition) is 7. The van der Waals surface area contributed by atoms with E-state index in [1.807, 2.05) is 13.8 Å². The van der Waals surface area contributed by atoms with Crippen molar-refractivity contribution in [3.63, 3.8) is 0 Å². The number of hydrogen-bond donors (Lipinski definition) is 3. The van der Waals surface area contributed by atoms with E-state index in [-0.39, 0.29) is 35.4 Å². The second-order valence-corrected chi connectivity index (χ2v) is 9.76. The minimum atomic E-state index is -0.934. The van der Waals surface area contributed by atoms with Crippen molar-refractivity contribution in [2.75, 3.05) is 6.61 Å². The van der Waals surface area contributed by atoms with Crippen LogP contribution in [-0.4, -0.2) is 52.2 Å². The third kappa shape index (κ3) is 2.81. The number of rotatable bonds is 3. The molecule has 3 aliphatic rings. The molecule has 0 radical (unpaired) electrons. The zero-order valence-electron chi connectivity index (χ0n) is 17.2. The Kier molecular flexibility index (Phi) is 5.38. The van der Waals surface area contributed by atoms with Gasteiger partial charge >= 0.3 is 5.97 Å². The van der Waals surface area contributed by atoms with E-state index in [0.29, 0.717) is 12.8 Å². The lowest BCUT2D eigenvalue weighted by Gasteiger charge is -2.61. The average Bonchev–Trinajstić information content (AvgIpc) is 3.01. The van der Waals surface area contributed by atoms with Gasteiger partial charge < -0.3 is 20.2 Å². The summed E-state index contributed by atoms with van der Waals surface area (Å²) in [5.74, 6) is -0.917. The lowest BCUT2D eigenvalue weighted by atomic mass is 9.44. The fourth-order valence-corrected chi connectivity index (χ4v) is 6.75. The first-order chi connectivity index (χ1) is 13.1. The summed E-state index contributed by atoms with van der Waals surface area (Å²) in [5, 5.41) is 33.1. The Balaban J connectivity index is 2.22. The monoisotopic (exact) mass is 395 g/mol. The van der Waals surface area contributed by atoms with Gasteiger partial charge in [0.25, 0.3) is 0 Å². The first-order valence-corrected chi connectivity index (χ1v) is 10.3. The average molecular weight is 395 g/mol. The number of aliphatic hydroxyl groups excluding tert-OH is 2. The van der Waals surface area contributed by atoms with Gasteiger partial charge in [0.2, 0.25) is 0 Å². The molecule has 0 aromatic heterocycles. The summed E-state index contributed by atoms with van der Waals surface area (Å²) in [6.07, 6.45) is 2.91. The van der Waals surface area contributed by atoms with Gasteiger partial charge in [0.1, 0.15) is 18.5 Å².